The molecule has 3 aromatic carbocycles. The second kappa shape index (κ2) is 10.9. The molecule has 0 amide bonds. The molecule has 3 heterocycles. The average molecular weight is 752 g/mol. The summed E-state index contributed by atoms with van der Waals surface area (Å²) in [6, 6.07) is 28.6. The SMILES string of the molecule is CC1Cc2ccc(Oc3[c-]c(-n4[c](=[Pt])n(C)c5ccccc54)cc(C(C)(C)C)c3)[c-]c2N(c2cc(C(C)(C)C)ccn2)C1. The van der Waals surface area contributed by atoms with Crippen LogP contribution in [0.15, 0.2) is 66.9 Å². The van der Waals surface area contributed by atoms with Crippen molar-refractivity contribution in [2.45, 2.75) is 65.7 Å². The minimum atomic E-state index is -0.0744. The van der Waals surface area contributed by atoms with Gasteiger partial charge in [0.1, 0.15) is 0 Å². The van der Waals surface area contributed by atoms with Crippen LogP contribution in [0.25, 0.3) is 16.7 Å². The summed E-state index contributed by atoms with van der Waals surface area (Å²) in [6.45, 7) is 16.6. The van der Waals surface area contributed by atoms with Gasteiger partial charge in [0.15, 0.2) is 0 Å². The first-order chi connectivity index (χ1) is 20.3. The van der Waals surface area contributed by atoms with E-state index in [1.807, 2.05) is 12.3 Å². The zero-order chi connectivity index (χ0) is 30.7. The fraction of sp³-hybridized carbons (Fsp3) is 0.351. The van der Waals surface area contributed by atoms with Gasteiger partial charge in [-0.2, -0.15) is 0 Å². The molecular weight excluding hydrogens is 712 g/mol. The van der Waals surface area contributed by atoms with Crippen LogP contribution in [0.2, 0.25) is 0 Å². The van der Waals surface area contributed by atoms with E-state index in [1.54, 1.807) is 0 Å². The van der Waals surface area contributed by atoms with E-state index in [-0.39, 0.29) is 10.8 Å². The molecule has 5 nitrogen and oxygen atoms in total. The summed E-state index contributed by atoms with van der Waals surface area (Å²) < 4.78 is 12.2. The number of imidazole rings is 1. The van der Waals surface area contributed by atoms with Crippen molar-refractivity contribution in [1.82, 2.24) is 14.1 Å². The van der Waals surface area contributed by atoms with E-state index in [4.69, 9.17) is 9.72 Å². The third-order valence-corrected chi connectivity index (χ3v) is 9.54. The molecule has 0 spiro atoms. The number of pyridine rings is 1. The van der Waals surface area contributed by atoms with E-state index in [2.05, 4.69) is 156 Å². The van der Waals surface area contributed by atoms with Crippen molar-refractivity contribution in [2.24, 2.45) is 13.0 Å². The van der Waals surface area contributed by atoms with E-state index >= 15 is 0 Å². The van der Waals surface area contributed by atoms with Crippen LogP contribution in [-0.4, -0.2) is 20.7 Å². The monoisotopic (exact) mass is 751 g/mol. The number of aromatic nitrogens is 3. The minimum absolute atomic E-state index is 0.0438. The van der Waals surface area contributed by atoms with Crippen molar-refractivity contribution >= 4 is 22.5 Å². The van der Waals surface area contributed by atoms with Crippen LogP contribution >= 0.6 is 0 Å². The Kier molecular flexibility index (Phi) is 7.53. The molecule has 1 aliphatic rings. The maximum absolute atomic E-state index is 6.61. The number of hydrogen-bond donors (Lipinski definition) is 0. The molecule has 2 aromatic heterocycles. The summed E-state index contributed by atoms with van der Waals surface area (Å²) in [5.74, 6) is 2.82. The number of anilines is 2. The summed E-state index contributed by atoms with van der Waals surface area (Å²) >= 11 is 2.40. The van der Waals surface area contributed by atoms with Crippen molar-refractivity contribution < 1.29 is 24.1 Å². The molecule has 5 aromatic rings. The number of para-hydroxylation sites is 2. The van der Waals surface area contributed by atoms with Crippen LogP contribution in [0.5, 0.6) is 11.5 Å². The topological polar surface area (TPSA) is 35.2 Å². The fourth-order valence-electron chi connectivity index (χ4n) is 5.79. The Bertz CT molecular complexity index is 1890. The number of rotatable bonds is 4. The summed E-state index contributed by atoms with van der Waals surface area (Å²) in [5.41, 5.74) is 8.00. The molecule has 43 heavy (non-hydrogen) atoms. The predicted octanol–water partition coefficient (Wildman–Crippen LogP) is 8.76. The van der Waals surface area contributed by atoms with Crippen molar-refractivity contribution in [3.63, 3.8) is 0 Å². The van der Waals surface area contributed by atoms with Gasteiger partial charge in [-0.25, -0.2) is 0 Å². The molecule has 6 rings (SSSR count). The number of benzene rings is 3. The standard InChI is InChI=1S/C37H40N4O.Pt/c1-25-17-26-13-14-30(22-34(26)40(23-25)35-20-27(15-16-38-35)36(2,3)4)42-31-19-28(37(5,6)7)18-29(21-31)41-24-39(8)32-11-9-10-12-33(32)41;/h9-16,18-20,25H,17,23H2,1-8H3;/q-2;. The molecule has 6 heteroatoms. The van der Waals surface area contributed by atoms with Crippen molar-refractivity contribution in [1.29, 1.82) is 0 Å². The predicted molar refractivity (Wildman–Crippen MR) is 171 cm³/mol. The Labute approximate surface area is 266 Å². The normalized spacial score (nSPS) is 15.6. The van der Waals surface area contributed by atoms with Crippen molar-refractivity contribution in [3.8, 4) is 17.2 Å². The molecule has 1 atom stereocenters. The Balaban J connectivity index is 1.43. The van der Waals surface area contributed by atoms with Crippen LogP contribution in [0.4, 0.5) is 11.5 Å². The van der Waals surface area contributed by atoms with Gasteiger partial charge in [0, 0.05) is 6.20 Å². The van der Waals surface area contributed by atoms with Gasteiger partial charge in [-0.1, -0.05) is 27.7 Å². The first-order valence-corrected chi connectivity index (χ1v) is 16.1. The second-order valence-corrected chi connectivity index (χ2v) is 14.9. The first kappa shape index (κ1) is 29.6. The number of nitrogens with zero attached hydrogens (tertiary/aromatic N) is 4. The van der Waals surface area contributed by atoms with Gasteiger partial charge < -0.3 is 0 Å². The first-order valence-electron chi connectivity index (χ1n) is 15.0. The quantitative estimate of drug-likeness (QED) is 0.173. The number of aryl methyl sites for hydroxylation is 1. The third-order valence-electron chi connectivity index (χ3n) is 8.27. The zero-order valence-electron chi connectivity index (χ0n) is 26.4. The van der Waals surface area contributed by atoms with Crippen LogP contribution in [0, 0.1) is 21.9 Å². The molecule has 0 saturated carbocycles. The molecule has 226 valence electrons. The van der Waals surface area contributed by atoms with Gasteiger partial charge in [0.25, 0.3) is 0 Å². The summed E-state index contributed by atoms with van der Waals surface area (Å²) in [4.78, 5) is 7.10. The van der Waals surface area contributed by atoms with Gasteiger partial charge in [0.2, 0.25) is 0 Å². The van der Waals surface area contributed by atoms with Crippen LogP contribution in [0.3, 0.4) is 0 Å². The fourth-order valence-corrected chi connectivity index (χ4v) is 6.61. The molecule has 1 unspecified atom stereocenters. The number of hydrogen-bond acceptors (Lipinski definition) is 3. The van der Waals surface area contributed by atoms with Gasteiger partial charge in [-0.3, -0.25) is 0 Å². The molecule has 0 saturated heterocycles. The molecular formula is C37H40N4OPt-2. The maximum atomic E-state index is 6.61. The van der Waals surface area contributed by atoms with E-state index in [1.165, 1.54) is 22.2 Å². The Morgan fingerprint density at radius 1 is 0.860 bits per heavy atom. The second-order valence-electron chi connectivity index (χ2n) is 13.9. The third kappa shape index (κ3) is 5.77. The summed E-state index contributed by atoms with van der Waals surface area (Å²) in [7, 11) is 2.10. The molecule has 0 fully saturated rings. The van der Waals surface area contributed by atoms with Gasteiger partial charge in [-0.05, 0) is 17.0 Å². The molecule has 0 bridgehead atoms. The average Bonchev–Trinajstić information content (AvgIpc) is 3.21. The van der Waals surface area contributed by atoms with Crippen molar-refractivity contribution in [3.05, 3.63) is 99.5 Å². The van der Waals surface area contributed by atoms with Crippen LogP contribution in [-0.2, 0) is 43.7 Å². The van der Waals surface area contributed by atoms with E-state index in [0.717, 1.165) is 39.5 Å². The summed E-state index contributed by atoms with van der Waals surface area (Å²) in [5, 5.41) is 0. The number of fused-ring (bicyclic) bond motifs is 2. The van der Waals surface area contributed by atoms with Crippen LogP contribution in [0.1, 0.15) is 65.2 Å². The van der Waals surface area contributed by atoms with Gasteiger partial charge in [-0.15, -0.1) is 0 Å². The Morgan fingerprint density at radius 2 is 1.58 bits per heavy atom. The molecule has 0 aliphatic carbocycles. The molecule has 1 aliphatic heterocycles. The van der Waals surface area contributed by atoms with Crippen LogP contribution < -0.4 is 9.64 Å². The van der Waals surface area contributed by atoms with Gasteiger partial charge >= 0.3 is 217 Å². The van der Waals surface area contributed by atoms with E-state index < -0.39 is 0 Å². The Hall–Kier alpha value is -3.43. The number of ether oxygens (including phenoxy) is 1. The van der Waals surface area contributed by atoms with Gasteiger partial charge in [0.05, 0.1) is 0 Å². The summed E-state index contributed by atoms with van der Waals surface area (Å²) in [6.07, 6.45) is 2.93. The van der Waals surface area contributed by atoms with E-state index in [9.17, 15) is 0 Å². The molecule has 0 radical (unpaired) electrons. The Morgan fingerprint density at radius 3 is 2.30 bits per heavy atom. The van der Waals surface area contributed by atoms with E-state index in [0.29, 0.717) is 17.4 Å². The van der Waals surface area contributed by atoms with Crippen molar-refractivity contribution in [2.75, 3.05) is 11.4 Å². The zero-order valence-corrected chi connectivity index (χ0v) is 28.6. The molecule has 0 N–H and O–H groups in total.